The van der Waals surface area contributed by atoms with E-state index < -0.39 is 12.1 Å². The molecule has 2 aliphatic rings. The third kappa shape index (κ3) is 5.41. The van der Waals surface area contributed by atoms with Crippen molar-refractivity contribution < 1.29 is 24.2 Å². The number of fused-ring (bicyclic) bond motifs is 3. The zero-order valence-electron chi connectivity index (χ0n) is 19.5. The van der Waals surface area contributed by atoms with Gasteiger partial charge < -0.3 is 20.5 Å². The summed E-state index contributed by atoms with van der Waals surface area (Å²) in [4.78, 5) is 36.3. The number of aliphatic carboxylic acids is 1. The van der Waals surface area contributed by atoms with Gasteiger partial charge in [-0.3, -0.25) is 9.59 Å². The maximum absolute atomic E-state index is 12.7. The van der Waals surface area contributed by atoms with Crippen LogP contribution in [-0.2, 0) is 14.3 Å². The Labute approximate surface area is 199 Å². The molecule has 1 saturated carbocycles. The van der Waals surface area contributed by atoms with Crippen molar-refractivity contribution in [1.29, 1.82) is 0 Å². The quantitative estimate of drug-likeness (QED) is 0.535. The van der Waals surface area contributed by atoms with Gasteiger partial charge in [-0.05, 0) is 47.9 Å². The average molecular weight is 465 g/mol. The topological polar surface area (TPSA) is 105 Å². The third-order valence-electron chi connectivity index (χ3n) is 6.97. The number of hydrogen-bond donors (Lipinski definition) is 3. The maximum Gasteiger partial charge on any atom is 0.407 e. The summed E-state index contributed by atoms with van der Waals surface area (Å²) in [5.41, 5.74) is 4.69. The molecular formula is C27H32N2O5. The molecule has 7 heteroatoms. The fourth-order valence-corrected chi connectivity index (χ4v) is 5.19. The van der Waals surface area contributed by atoms with Gasteiger partial charge in [0, 0.05) is 23.9 Å². The summed E-state index contributed by atoms with van der Waals surface area (Å²) in [5, 5.41) is 14.8. The predicted octanol–water partition coefficient (Wildman–Crippen LogP) is 4.45. The Balaban J connectivity index is 1.31. The third-order valence-corrected chi connectivity index (χ3v) is 6.97. The first-order valence-electron chi connectivity index (χ1n) is 12.1. The molecule has 2 aromatic carbocycles. The van der Waals surface area contributed by atoms with E-state index in [1.54, 1.807) is 0 Å². The van der Waals surface area contributed by atoms with Gasteiger partial charge in [-0.2, -0.15) is 0 Å². The molecule has 0 radical (unpaired) electrons. The highest BCUT2D eigenvalue weighted by Gasteiger charge is 2.31. The van der Waals surface area contributed by atoms with Gasteiger partial charge in [0.15, 0.2) is 0 Å². The second-order valence-corrected chi connectivity index (χ2v) is 9.24. The van der Waals surface area contributed by atoms with Gasteiger partial charge in [0.2, 0.25) is 5.91 Å². The first kappa shape index (κ1) is 23.8. The lowest BCUT2D eigenvalue weighted by Crippen LogP contribution is -2.45. The summed E-state index contributed by atoms with van der Waals surface area (Å²) in [6, 6.07) is 15.9. The van der Waals surface area contributed by atoms with E-state index in [4.69, 9.17) is 9.84 Å². The van der Waals surface area contributed by atoms with Crippen LogP contribution in [0.5, 0.6) is 0 Å². The molecule has 0 saturated heterocycles. The summed E-state index contributed by atoms with van der Waals surface area (Å²) in [6.07, 6.45) is 2.88. The standard InChI is InChI=1S/C27H32N2O5/c1-2-18(15-25(30)31)28-26(32)17-8-7-9-19(14-17)29-27(33)34-16-24-22-12-5-3-10-20(22)21-11-4-6-13-23(21)24/h3-6,10-13,17-19,24H,2,7-9,14-16H2,1H3,(H,28,32)(H,29,33)(H,30,31)/t17-,18-,19-/m1/s1. The highest BCUT2D eigenvalue weighted by Crippen LogP contribution is 2.44. The van der Waals surface area contributed by atoms with Crippen LogP contribution < -0.4 is 10.6 Å². The number of benzene rings is 2. The largest absolute Gasteiger partial charge is 0.481 e. The monoisotopic (exact) mass is 464 g/mol. The fourth-order valence-electron chi connectivity index (χ4n) is 5.19. The number of amides is 2. The van der Waals surface area contributed by atoms with Crippen molar-refractivity contribution in [1.82, 2.24) is 10.6 Å². The molecule has 0 bridgehead atoms. The Hall–Kier alpha value is -3.35. The van der Waals surface area contributed by atoms with Crippen LogP contribution in [0.2, 0.25) is 0 Å². The van der Waals surface area contributed by atoms with Crippen LogP contribution in [0.3, 0.4) is 0 Å². The first-order valence-corrected chi connectivity index (χ1v) is 12.1. The van der Waals surface area contributed by atoms with Crippen molar-refractivity contribution >= 4 is 18.0 Å². The zero-order chi connectivity index (χ0) is 24.1. The van der Waals surface area contributed by atoms with Crippen molar-refractivity contribution in [2.45, 2.75) is 63.5 Å². The van der Waals surface area contributed by atoms with Crippen molar-refractivity contribution in [3.8, 4) is 11.1 Å². The molecule has 4 rings (SSSR count). The van der Waals surface area contributed by atoms with Gasteiger partial charge in [0.05, 0.1) is 6.42 Å². The van der Waals surface area contributed by atoms with E-state index in [0.717, 1.165) is 30.4 Å². The van der Waals surface area contributed by atoms with Crippen LogP contribution in [-0.4, -0.2) is 41.8 Å². The molecule has 34 heavy (non-hydrogen) atoms. The summed E-state index contributed by atoms with van der Waals surface area (Å²) in [7, 11) is 0. The Bertz CT molecular complexity index is 1010. The van der Waals surface area contributed by atoms with E-state index >= 15 is 0 Å². The molecule has 3 N–H and O–H groups in total. The van der Waals surface area contributed by atoms with E-state index in [2.05, 4.69) is 34.9 Å². The Kier molecular flexibility index (Phi) is 7.50. The van der Waals surface area contributed by atoms with E-state index in [1.807, 2.05) is 31.2 Å². The van der Waals surface area contributed by atoms with E-state index in [-0.39, 0.29) is 42.9 Å². The summed E-state index contributed by atoms with van der Waals surface area (Å²) >= 11 is 0. The molecule has 0 heterocycles. The second kappa shape index (κ2) is 10.7. The van der Waals surface area contributed by atoms with Crippen molar-refractivity contribution in [2.75, 3.05) is 6.61 Å². The van der Waals surface area contributed by atoms with Crippen LogP contribution in [0.25, 0.3) is 11.1 Å². The lowest BCUT2D eigenvalue weighted by atomic mass is 9.85. The minimum absolute atomic E-state index is 0.00300. The summed E-state index contributed by atoms with van der Waals surface area (Å²) < 4.78 is 5.65. The molecule has 0 aliphatic heterocycles. The van der Waals surface area contributed by atoms with Gasteiger partial charge in [-0.1, -0.05) is 61.9 Å². The number of carboxylic acids is 1. The smallest absolute Gasteiger partial charge is 0.407 e. The van der Waals surface area contributed by atoms with Crippen LogP contribution in [0.4, 0.5) is 4.79 Å². The average Bonchev–Trinajstić information content (AvgIpc) is 3.16. The Morgan fingerprint density at radius 2 is 1.68 bits per heavy atom. The molecule has 0 aromatic heterocycles. The number of carboxylic acid groups (broad SMARTS) is 1. The normalized spacial score (nSPS) is 20.0. The molecular weight excluding hydrogens is 432 g/mol. The van der Waals surface area contributed by atoms with Crippen molar-refractivity contribution in [3.63, 3.8) is 0 Å². The molecule has 3 atom stereocenters. The highest BCUT2D eigenvalue weighted by molar-refractivity contribution is 5.80. The van der Waals surface area contributed by atoms with E-state index in [0.29, 0.717) is 12.8 Å². The molecule has 0 unspecified atom stereocenters. The number of rotatable bonds is 8. The van der Waals surface area contributed by atoms with Crippen LogP contribution in [0, 0.1) is 5.92 Å². The fraction of sp³-hybridized carbons (Fsp3) is 0.444. The molecule has 0 spiro atoms. The number of hydrogen-bond acceptors (Lipinski definition) is 4. The predicted molar refractivity (Wildman–Crippen MR) is 128 cm³/mol. The van der Waals surface area contributed by atoms with Gasteiger partial charge in [-0.25, -0.2) is 4.79 Å². The summed E-state index contributed by atoms with van der Waals surface area (Å²) in [6.45, 7) is 2.11. The molecule has 2 aliphatic carbocycles. The summed E-state index contributed by atoms with van der Waals surface area (Å²) in [5.74, 6) is -1.29. The molecule has 2 aromatic rings. The van der Waals surface area contributed by atoms with Gasteiger partial charge in [0.1, 0.15) is 6.61 Å². The lowest BCUT2D eigenvalue weighted by Gasteiger charge is -2.30. The number of nitrogens with one attached hydrogen (secondary N) is 2. The Morgan fingerprint density at radius 3 is 2.29 bits per heavy atom. The minimum atomic E-state index is -0.925. The maximum atomic E-state index is 12.7. The van der Waals surface area contributed by atoms with Crippen LogP contribution in [0.15, 0.2) is 48.5 Å². The van der Waals surface area contributed by atoms with Gasteiger partial charge in [0.25, 0.3) is 0 Å². The van der Waals surface area contributed by atoms with Crippen molar-refractivity contribution in [3.05, 3.63) is 59.7 Å². The number of ether oxygens (including phenoxy) is 1. The van der Waals surface area contributed by atoms with E-state index in [9.17, 15) is 14.4 Å². The number of carbonyl (C=O) groups is 3. The van der Waals surface area contributed by atoms with Gasteiger partial charge in [-0.15, -0.1) is 0 Å². The Morgan fingerprint density at radius 1 is 1.03 bits per heavy atom. The highest BCUT2D eigenvalue weighted by atomic mass is 16.5. The van der Waals surface area contributed by atoms with E-state index in [1.165, 1.54) is 11.1 Å². The first-order chi connectivity index (χ1) is 16.5. The molecule has 7 nitrogen and oxygen atoms in total. The molecule has 2 amide bonds. The second-order valence-electron chi connectivity index (χ2n) is 9.24. The minimum Gasteiger partial charge on any atom is -0.481 e. The van der Waals surface area contributed by atoms with Crippen molar-refractivity contribution in [2.24, 2.45) is 5.92 Å². The van der Waals surface area contributed by atoms with Crippen LogP contribution in [0.1, 0.15) is 62.5 Å². The number of carbonyl (C=O) groups excluding carboxylic acids is 2. The molecule has 1 fully saturated rings. The molecule has 180 valence electrons. The van der Waals surface area contributed by atoms with Gasteiger partial charge >= 0.3 is 12.1 Å². The number of alkyl carbamates (subject to hydrolysis) is 1. The van der Waals surface area contributed by atoms with Crippen LogP contribution >= 0.6 is 0 Å². The SMILES string of the molecule is CC[C@H](CC(=O)O)NC(=O)[C@@H]1CCC[C@@H](NC(=O)OCC2c3ccccc3-c3ccccc32)C1. The lowest BCUT2D eigenvalue weighted by molar-refractivity contribution is -0.138. The zero-order valence-corrected chi connectivity index (χ0v) is 19.5.